The third-order valence-electron chi connectivity index (χ3n) is 6.56. The SMILES string of the molecule is C1=CCOC=C1.CC(C)(CCCCBr)OC1CCc2c(ccc3c2ccc2ccccc23)C1. The molecule has 1 aliphatic heterocycles. The first-order chi connectivity index (χ1) is 16.1. The molecule has 33 heavy (non-hydrogen) atoms. The molecular weight excluding hydrogens is 472 g/mol. The van der Waals surface area contributed by atoms with E-state index in [9.17, 15) is 0 Å². The third-order valence-corrected chi connectivity index (χ3v) is 7.12. The first-order valence-electron chi connectivity index (χ1n) is 12.2. The molecule has 5 rings (SSSR count). The normalized spacial score (nSPS) is 17.4. The zero-order chi connectivity index (χ0) is 23.1. The van der Waals surface area contributed by atoms with E-state index >= 15 is 0 Å². The summed E-state index contributed by atoms with van der Waals surface area (Å²) in [6, 6.07) is 18.0. The van der Waals surface area contributed by atoms with Crippen LogP contribution in [-0.2, 0) is 22.3 Å². The lowest BCUT2D eigenvalue weighted by Crippen LogP contribution is -2.34. The summed E-state index contributed by atoms with van der Waals surface area (Å²) in [5.74, 6) is 0. The van der Waals surface area contributed by atoms with Gasteiger partial charge < -0.3 is 9.47 Å². The van der Waals surface area contributed by atoms with Crippen LogP contribution >= 0.6 is 15.9 Å². The number of aryl methyl sites for hydroxylation is 1. The maximum Gasteiger partial charge on any atom is 0.106 e. The highest BCUT2D eigenvalue weighted by Gasteiger charge is 2.27. The van der Waals surface area contributed by atoms with E-state index < -0.39 is 0 Å². The molecule has 174 valence electrons. The molecular formula is C30H35BrO2. The van der Waals surface area contributed by atoms with E-state index in [-0.39, 0.29) is 5.60 Å². The van der Waals surface area contributed by atoms with Gasteiger partial charge in [0.1, 0.15) is 6.61 Å². The number of hydrogen-bond acceptors (Lipinski definition) is 2. The summed E-state index contributed by atoms with van der Waals surface area (Å²) in [6.07, 6.45) is 14.7. The fourth-order valence-electron chi connectivity index (χ4n) is 4.94. The van der Waals surface area contributed by atoms with Crippen molar-refractivity contribution >= 4 is 37.5 Å². The molecule has 0 radical (unpaired) electrons. The molecule has 1 heterocycles. The number of rotatable bonds is 6. The Morgan fingerprint density at radius 1 is 0.970 bits per heavy atom. The second kappa shape index (κ2) is 11.4. The Morgan fingerprint density at radius 3 is 2.55 bits per heavy atom. The fourth-order valence-corrected chi connectivity index (χ4v) is 5.33. The van der Waals surface area contributed by atoms with E-state index in [1.54, 1.807) is 6.26 Å². The van der Waals surface area contributed by atoms with Crippen molar-refractivity contribution in [3.8, 4) is 0 Å². The fraction of sp³-hybridized carbons (Fsp3) is 0.400. The van der Waals surface area contributed by atoms with E-state index in [1.807, 2.05) is 18.2 Å². The zero-order valence-electron chi connectivity index (χ0n) is 19.9. The highest BCUT2D eigenvalue weighted by molar-refractivity contribution is 9.09. The number of halogens is 1. The van der Waals surface area contributed by atoms with Gasteiger partial charge in [0.25, 0.3) is 0 Å². The predicted octanol–water partition coefficient (Wildman–Crippen LogP) is 8.30. The standard InChI is InChI=1S/C25H29BrO.C5H6O/c1-25(2,15-5-6-16-26)27-20-11-14-22-19(17-20)10-13-23-21-8-4-3-7-18(21)9-12-24(22)23;1-2-4-6-5-3-1/h3-4,7-10,12-13,20H,5-6,11,14-17H2,1-2H3;1-4H,5H2. The molecule has 3 aromatic carbocycles. The largest absolute Gasteiger partial charge is 0.497 e. The average Bonchev–Trinajstić information content (AvgIpc) is 2.85. The maximum absolute atomic E-state index is 6.55. The van der Waals surface area contributed by atoms with Crippen LogP contribution in [0, 0.1) is 0 Å². The Morgan fingerprint density at radius 2 is 1.82 bits per heavy atom. The first kappa shape index (κ1) is 24.0. The lowest BCUT2D eigenvalue weighted by atomic mass is 9.85. The molecule has 0 aromatic heterocycles. The van der Waals surface area contributed by atoms with Crippen LogP contribution in [0.3, 0.4) is 0 Å². The minimum atomic E-state index is -0.0304. The highest BCUT2D eigenvalue weighted by Crippen LogP contribution is 2.35. The van der Waals surface area contributed by atoms with Gasteiger partial charge in [-0.1, -0.05) is 70.5 Å². The minimum Gasteiger partial charge on any atom is -0.497 e. The molecule has 1 atom stereocenters. The minimum absolute atomic E-state index is 0.0304. The first-order valence-corrected chi connectivity index (χ1v) is 13.3. The molecule has 0 fully saturated rings. The van der Waals surface area contributed by atoms with Crippen molar-refractivity contribution in [2.24, 2.45) is 0 Å². The van der Waals surface area contributed by atoms with Gasteiger partial charge in [0, 0.05) is 5.33 Å². The summed E-state index contributed by atoms with van der Waals surface area (Å²) in [4.78, 5) is 0. The van der Waals surface area contributed by atoms with Crippen LogP contribution < -0.4 is 0 Å². The van der Waals surface area contributed by atoms with E-state index in [0.717, 1.165) is 37.6 Å². The van der Waals surface area contributed by atoms with E-state index in [2.05, 4.69) is 78.3 Å². The molecule has 2 nitrogen and oxygen atoms in total. The second-order valence-corrected chi connectivity index (χ2v) is 10.4. The van der Waals surface area contributed by atoms with Crippen LogP contribution in [0.15, 0.2) is 73.0 Å². The average molecular weight is 508 g/mol. The summed E-state index contributed by atoms with van der Waals surface area (Å²) in [5.41, 5.74) is 2.98. The number of fused-ring (bicyclic) bond motifs is 5. The van der Waals surface area contributed by atoms with Gasteiger partial charge in [0.15, 0.2) is 0 Å². The number of alkyl halides is 1. The zero-order valence-corrected chi connectivity index (χ0v) is 21.4. The quantitative estimate of drug-likeness (QED) is 0.190. The van der Waals surface area contributed by atoms with E-state index in [0.29, 0.717) is 6.10 Å². The molecule has 0 saturated heterocycles. The van der Waals surface area contributed by atoms with Crippen LogP contribution in [0.4, 0.5) is 0 Å². The number of unbranched alkanes of at least 4 members (excludes halogenated alkanes) is 1. The van der Waals surface area contributed by atoms with Gasteiger partial charge in [-0.25, -0.2) is 0 Å². The van der Waals surface area contributed by atoms with E-state index in [1.165, 1.54) is 45.5 Å². The van der Waals surface area contributed by atoms with Gasteiger partial charge in [-0.05, 0) is 97.2 Å². The van der Waals surface area contributed by atoms with Gasteiger partial charge >= 0.3 is 0 Å². The number of benzene rings is 3. The number of hydrogen-bond donors (Lipinski definition) is 0. The summed E-state index contributed by atoms with van der Waals surface area (Å²) in [7, 11) is 0. The Kier molecular flexibility index (Phi) is 8.27. The third kappa shape index (κ3) is 6.28. The van der Waals surface area contributed by atoms with Gasteiger partial charge in [0.2, 0.25) is 0 Å². The van der Waals surface area contributed by atoms with Crippen LogP contribution in [0.1, 0.15) is 50.7 Å². The smallest absolute Gasteiger partial charge is 0.106 e. The molecule has 0 N–H and O–H groups in total. The van der Waals surface area contributed by atoms with Crippen molar-refractivity contribution < 1.29 is 9.47 Å². The Hall–Kier alpha value is -2.10. The van der Waals surface area contributed by atoms with Gasteiger partial charge in [-0.15, -0.1) is 0 Å². The van der Waals surface area contributed by atoms with Crippen molar-refractivity contribution in [1.82, 2.24) is 0 Å². The summed E-state index contributed by atoms with van der Waals surface area (Å²) in [6.45, 7) is 5.24. The molecule has 1 aliphatic carbocycles. The predicted molar refractivity (Wildman–Crippen MR) is 144 cm³/mol. The Balaban J connectivity index is 0.000000376. The van der Waals surface area contributed by atoms with Gasteiger partial charge in [-0.2, -0.15) is 0 Å². The van der Waals surface area contributed by atoms with Gasteiger partial charge in [-0.3, -0.25) is 0 Å². The topological polar surface area (TPSA) is 18.5 Å². The maximum atomic E-state index is 6.55. The molecule has 0 bridgehead atoms. The molecule has 3 aromatic rings. The molecule has 0 amide bonds. The molecule has 2 aliphatic rings. The summed E-state index contributed by atoms with van der Waals surface area (Å²) in [5, 5.41) is 6.60. The second-order valence-electron chi connectivity index (χ2n) is 9.56. The van der Waals surface area contributed by atoms with Crippen molar-refractivity contribution in [3.63, 3.8) is 0 Å². The van der Waals surface area contributed by atoms with E-state index in [4.69, 9.17) is 9.47 Å². The van der Waals surface area contributed by atoms with Crippen LogP contribution in [0.25, 0.3) is 21.5 Å². The number of allylic oxidation sites excluding steroid dienone is 2. The Bertz CT molecular complexity index is 1120. The lowest BCUT2D eigenvalue weighted by Gasteiger charge is -2.34. The summed E-state index contributed by atoms with van der Waals surface area (Å²) < 4.78 is 11.4. The van der Waals surface area contributed by atoms with Crippen LogP contribution in [0.5, 0.6) is 0 Å². The van der Waals surface area contributed by atoms with Crippen molar-refractivity contribution in [3.05, 3.63) is 84.1 Å². The molecule has 0 spiro atoms. The number of ether oxygens (including phenoxy) is 2. The van der Waals surface area contributed by atoms with Crippen molar-refractivity contribution in [2.75, 3.05) is 11.9 Å². The van der Waals surface area contributed by atoms with Crippen LogP contribution in [0.2, 0.25) is 0 Å². The molecule has 1 unspecified atom stereocenters. The van der Waals surface area contributed by atoms with Gasteiger partial charge in [0.05, 0.1) is 18.0 Å². The molecule has 0 saturated carbocycles. The van der Waals surface area contributed by atoms with Crippen molar-refractivity contribution in [2.45, 2.75) is 64.1 Å². The summed E-state index contributed by atoms with van der Waals surface area (Å²) >= 11 is 3.53. The lowest BCUT2D eigenvalue weighted by molar-refractivity contribution is -0.0810. The van der Waals surface area contributed by atoms with Crippen LogP contribution in [-0.4, -0.2) is 23.6 Å². The monoisotopic (exact) mass is 506 g/mol. The molecule has 3 heteroatoms. The highest BCUT2D eigenvalue weighted by atomic mass is 79.9. The van der Waals surface area contributed by atoms with Crippen molar-refractivity contribution in [1.29, 1.82) is 0 Å². The Labute approximate surface area is 206 Å².